The Morgan fingerprint density at radius 1 is 1.41 bits per heavy atom. The van der Waals surface area contributed by atoms with Crippen molar-refractivity contribution in [3.63, 3.8) is 0 Å². The molecule has 1 unspecified atom stereocenters. The van der Waals surface area contributed by atoms with Crippen molar-refractivity contribution < 1.29 is 18.0 Å². The molecule has 0 saturated carbocycles. The second-order valence-corrected chi connectivity index (χ2v) is 7.60. The van der Waals surface area contributed by atoms with Crippen molar-refractivity contribution >= 4 is 38.9 Å². The van der Waals surface area contributed by atoms with Crippen molar-refractivity contribution in [1.82, 2.24) is 14.3 Å². The summed E-state index contributed by atoms with van der Waals surface area (Å²) in [6.45, 7) is 0. The zero-order valence-corrected chi connectivity index (χ0v) is 12.9. The molecule has 0 saturated heterocycles. The largest absolute Gasteiger partial charge is 0.308 e. The van der Waals surface area contributed by atoms with Crippen molar-refractivity contribution in [2.24, 2.45) is 0 Å². The maximum absolute atomic E-state index is 12.4. The topological polar surface area (TPSA) is 109 Å². The van der Waals surface area contributed by atoms with Crippen LogP contribution in [-0.2, 0) is 14.8 Å². The van der Waals surface area contributed by atoms with E-state index >= 15 is 0 Å². The molecule has 3 heterocycles. The molecule has 10 heteroatoms. The van der Waals surface area contributed by atoms with Crippen LogP contribution in [0.5, 0.6) is 0 Å². The van der Waals surface area contributed by atoms with Gasteiger partial charge < -0.3 is 5.32 Å². The minimum Gasteiger partial charge on any atom is -0.308 e. The van der Waals surface area contributed by atoms with Crippen LogP contribution in [-0.4, -0.2) is 47.5 Å². The number of thiophene rings is 1. The number of Topliss-reactive ketones (excluding diaryl/α,β-unsaturated/α-hetero) is 1. The summed E-state index contributed by atoms with van der Waals surface area (Å²) < 4.78 is 25.4. The number of carbonyl (C=O) groups is 2. The van der Waals surface area contributed by atoms with Crippen LogP contribution in [0.2, 0.25) is 0 Å². The van der Waals surface area contributed by atoms with Crippen LogP contribution in [0.3, 0.4) is 0 Å². The second kappa shape index (κ2) is 5.23. The standard InChI is InChI=1S/C12H10N4O4S2/c1-16-9(11(18)15-8-6-13-3-4-14-8)10(17)7-2-5-21-12(7)22(16,19)20/h2-6,9H,1H3,(H,14,15,18). The molecule has 8 nitrogen and oxygen atoms in total. The van der Waals surface area contributed by atoms with Gasteiger partial charge in [-0.15, -0.1) is 11.3 Å². The molecular formula is C12H10N4O4S2. The number of fused-ring (bicyclic) bond motifs is 1. The summed E-state index contributed by atoms with van der Waals surface area (Å²) >= 11 is 0.953. The lowest BCUT2D eigenvalue weighted by atomic mass is 10.1. The molecule has 0 aliphatic carbocycles. The van der Waals surface area contributed by atoms with E-state index in [9.17, 15) is 18.0 Å². The molecule has 114 valence electrons. The number of nitrogens with zero attached hydrogens (tertiary/aromatic N) is 3. The zero-order valence-electron chi connectivity index (χ0n) is 11.3. The van der Waals surface area contributed by atoms with E-state index in [0.717, 1.165) is 15.6 Å². The SMILES string of the molecule is CN1C(C(=O)Nc2cnccn2)C(=O)c2ccsc2S1(=O)=O. The molecular weight excluding hydrogens is 328 g/mol. The maximum atomic E-state index is 12.4. The molecule has 1 amide bonds. The van der Waals surface area contributed by atoms with Gasteiger partial charge in [-0.3, -0.25) is 14.6 Å². The minimum atomic E-state index is -3.86. The molecule has 2 aromatic rings. The van der Waals surface area contributed by atoms with Crippen LogP contribution in [0.1, 0.15) is 10.4 Å². The van der Waals surface area contributed by atoms with Crippen molar-refractivity contribution in [2.75, 3.05) is 12.4 Å². The van der Waals surface area contributed by atoms with Gasteiger partial charge in [0.1, 0.15) is 4.21 Å². The Labute approximate surface area is 129 Å². The maximum Gasteiger partial charge on any atom is 0.254 e. The number of carbonyl (C=O) groups excluding carboxylic acids is 2. The summed E-state index contributed by atoms with van der Waals surface area (Å²) in [4.78, 5) is 32.4. The van der Waals surface area contributed by atoms with Gasteiger partial charge in [0, 0.05) is 19.4 Å². The molecule has 0 bridgehead atoms. The smallest absolute Gasteiger partial charge is 0.254 e. The van der Waals surface area contributed by atoms with Crippen LogP contribution in [0.25, 0.3) is 0 Å². The number of sulfonamides is 1. The van der Waals surface area contributed by atoms with Gasteiger partial charge >= 0.3 is 0 Å². The summed E-state index contributed by atoms with van der Waals surface area (Å²) in [5.41, 5.74) is 0.0439. The number of ketones is 1. The molecule has 22 heavy (non-hydrogen) atoms. The first-order chi connectivity index (χ1) is 10.4. The molecule has 2 aromatic heterocycles. The lowest BCUT2D eigenvalue weighted by molar-refractivity contribution is -0.118. The fraction of sp³-hybridized carbons (Fsp3) is 0.167. The Kier molecular flexibility index (Phi) is 3.51. The van der Waals surface area contributed by atoms with Crippen molar-refractivity contribution in [3.05, 3.63) is 35.6 Å². The van der Waals surface area contributed by atoms with E-state index in [2.05, 4.69) is 15.3 Å². The monoisotopic (exact) mass is 338 g/mol. The highest BCUT2D eigenvalue weighted by molar-refractivity contribution is 7.91. The lowest BCUT2D eigenvalue weighted by Gasteiger charge is -2.29. The minimum absolute atomic E-state index is 0.0384. The van der Waals surface area contributed by atoms with E-state index in [1.54, 1.807) is 0 Å². The fourth-order valence-corrected chi connectivity index (χ4v) is 4.91. The summed E-state index contributed by atoms with van der Waals surface area (Å²) in [6, 6.07) is -0.0516. The average Bonchev–Trinajstić information content (AvgIpc) is 2.97. The first-order valence-electron chi connectivity index (χ1n) is 6.09. The van der Waals surface area contributed by atoms with Crippen molar-refractivity contribution in [2.45, 2.75) is 10.3 Å². The predicted molar refractivity (Wildman–Crippen MR) is 78.0 cm³/mol. The van der Waals surface area contributed by atoms with E-state index in [-0.39, 0.29) is 15.6 Å². The van der Waals surface area contributed by atoms with Crippen molar-refractivity contribution in [3.8, 4) is 0 Å². The van der Waals surface area contributed by atoms with Gasteiger partial charge in [0.2, 0.25) is 0 Å². The average molecular weight is 338 g/mol. The first kappa shape index (κ1) is 14.8. The van der Waals surface area contributed by atoms with Crippen molar-refractivity contribution in [1.29, 1.82) is 0 Å². The second-order valence-electron chi connectivity index (χ2n) is 4.49. The summed E-state index contributed by atoms with van der Waals surface area (Å²) in [6.07, 6.45) is 4.10. The molecule has 1 N–H and O–H groups in total. The predicted octanol–water partition coefficient (Wildman–Crippen LogP) is 0.362. The first-order valence-corrected chi connectivity index (χ1v) is 8.41. The fourth-order valence-electron chi connectivity index (χ4n) is 2.10. The summed E-state index contributed by atoms with van der Waals surface area (Å²) in [5.74, 6) is -1.19. The van der Waals surface area contributed by atoms with Gasteiger partial charge in [0.05, 0.1) is 11.8 Å². The highest BCUT2D eigenvalue weighted by atomic mass is 32.2. The summed E-state index contributed by atoms with van der Waals surface area (Å²) in [7, 11) is -2.66. The normalized spacial score (nSPS) is 20.4. The third-order valence-electron chi connectivity index (χ3n) is 3.18. The molecule has 1 atom stereocenters. The Morgan fingerprint density at radius 3 is 2.86 bits per heavy atom. The van der Waals surface area contributed by atoms with Gasteiger partial charge in [-0.2, -0.15) is 4.31 Å². The highest BCUT2D eigenvalue weighted by Crippen LogP contribution is 2.33. The molecule has 0 radical (unpaired) electrons. The van der Waals surface area contributed by atoms with Crippen LogP contribution < -0.4 is 5.32 Å². The number of amides is 1. The number of anilines is 1. The Balaban J connectivity index is 1.98. The van der Waals surface area contributed by atoms with Gasteiger partial charge in [0.25, 0.3) is 15.9 Å². The van der Waals surface area contributed by atoms with Gasteiger partial charge in [-0.05, 0) is 11.4 Å². The number of likely N-dealkylation sites (N-methyl/N-ethyl adjacent to an activating group) is 1. The molecule has 1 aliphatic heterocycles. The highest BCUT2D eigenvalue weighted by Gasteiger charge is 2.46. The van der Waals surface area contributed by atoms with Crippen LogP contribution in [0, 0.1) is 0 Å². The number of hydrogen-bond acceptors (Lipinski definition) is 7. The van der Waals surface area contributed by atoms with Gasteiger partial charge in [-0.25, -0.2) is 13.4 Å². The van der Waals surface area contributed by atoms with E-state index in [1.807, 2.05) is 0 Å². The van der Waals surface area contributed by atoms with E-state index in [1.165, 1.54) is 37.1 Å². The zero-order chi connectivity index (χ0) is 15.9. The number of aromatic nitrogens is 2. The number of rotatable bonds is 2. The molecule has 0 fully saturated rings. The van der Waals surface area contributed by atoms with E-state index < -0.39 is 27.8 Å². The number of nitrogens with one attached hydrogen (secondary N) is 1. The third kappa shape index (κ3) is 2.21. The van der Waals surface area contributed by atoms with Crippen LogP contribution >= 0.6 is 11.3 Å². The molecule has 0 spiro atoms. The molecule has 3 rings (SSSR count). The van der Waals surface area contributed by atoms with Gasteiger partial charge in [0.15, 0.2) is 17.6 Å². The summed E-state index contributed by atoms with van der Waals surface area (Å²) in [5, 5.41) is 3.91. The van der Waals surface area contributed by atoms with Crippen LogP contribution in [0.15, 0.2) is 34.2 Å². The van der Waals surface area contributed by atoms with E-state index in [0.29, 0.717) is 0 Å². The Bertz CT molecular complexity index is 847. The quantitative estimate of drug-likeness (QED) is 0.792. The van der Waals surface area contributed by atoms with Crippen LogP contribution in [0.4, 0.5) is 5.82 Å². The Hall–Kier alpha value is -2.17. The molecule has 0 aromatic carbocycles. The lowest BCUT2D eigenvalue weighted by Crippen LogP contribution is -2.52. The Morgan fingerprint density at radius 2 is 2.18 bits per heavy atom. The molecule has 1 aliphatic rings. The van der Waals surface area contributed by atoms with E-state index in [4.69, 9.17) is 0 Å². The number of hydrogen-bond donors (Lipinski definition) is 1. The third-order valence-corrected chi connectivity index (χ3v) is 6.47. The van der Waals surface area contributed by atoms with Gasteiger partial charge in [-0.1, -0.05) is 0 Å².